The molecule has 0 unspecified atom stereocenters. The van der Waals surface area contributed by atoms with Gasteiger partial charge in [0.2, 0.25) is 0 Å². The monoisotopic (exact) mass is 1470 g/mol. The van der Waals surface area contributed by atoms with E-state index in [4.69, 9.17) is 14.2 Å². The molecule has 0 aliphatic rings. The fourth-order valence-electron chi connectivity index (χ4n) is 15.1. The smallest absolute Gasteiger partial charge is 0.144 e. The molecule has 16 aromatic carbocycles. The largest absolute Gasteiger partial charge is 0.497 e. The van der Waals surface area contributed by atoms with Crippen LogP contribution in [-0.4, -0.2) is 21.3 Å². The van der Waals surface area contributed by atoms with Crippen LogP contribution in [0.5, 0.6) is 17.2 Å². The van der Waals surface area contributed by atoms with Gasteiger partial charge in [0.15, 0.2) is 0 Å². The third kappa shape index (κ3) is 15.2. The fraction of sp³-hybridized carbons (Fsp3) is 0.0769. The van der Waals surface area contributed by atoms with E-state index >= 15 is 0 Å². The number of nitrogens with zero attached hydrogens (tertiary/aromatic N) is 4. The van der Waals surface area contributed by atoms with Gasteiger partial charge in [0.25, 0.3) is 0 Å². The van der Waals surface area contributed by atoms with Crippen LogP contribution in [0, 0.1) is 34.6 Å². The highest BCUT2D eigenvalue weighted by molar-refractivity contribution is 8.01. The van der Waals surface area contributed by atoms with Crippen molar-refractivity contribution in [2.24, 2.45) is 0 Å². The van der Waals surface area contributed by atoms with Crippen molar-refractivity contribution in [2.45, 2.75) is 34.6 Å². The first-order chi connectivity index (χ1) is 54.8. The van der Waals surface area contributed by atoms with Gasteiger partial charge in [-0.3, -0.25) is 0 Å². The van der Waals surface area contributed by atoms with Gasteiger partial charge in [-0.2, -0.15) is 0 Å². The zero-order chi connectivity index (χ0) is 76.7. The van der Waals surface area contributed by atoms with Crippen molar-refractivity contribution in [1.82, 2.24) is 0 Å². The maximum absolute atomic E-state index is 5.60. The number of ether oxygens (including phenoxy) is 3. The molecule has 7 nitrogen and oxygen atoms in total. The number of anilines is 12. The first-order valence-corrected chi connectivity index (χ1v) is 39.8. The Morgan fingerprint density at radius 2 is 0.268 bits per heavy atom. The molecule has 0 fully saturated rings. The molecule has 0 amide bonds. The number of hydrogen-bond acceptors (Lipinski definition) is 7. The molecule has 0 saturated carbocycles. The van der Waals surface area contributed by atoms with E-state index in [2.05, 4.69) is 406 Å². The van der Waals surface area contributed by atoms with Gasteiger partial charge in [-0.15, -0.1) is 0 Å². The van der Waals surface area contributed by atoms with Gasteiger partial charge in [-0.1, -0.05) is 186 Å². The van der Waals surface area contributed by atoms with Gasteiger partial charge in [0.05, 0.1) is 21.3 Å². The Hall–Kier alpha value is -13.5. The van der Waals surface area contributed by atoms with E-state index < -0.39 is 7.26 Å². The third-order valence-electron chi connectivity index (χ3n) is 21.3. The van der Waals surface area contributed by atoms with E-state index in [1.165, 1.54) is 49.0 Å². The summed E-state index contributed by atoms with van der Waals surface area (Å²) in [5.74, 6) is 2.44. The standard InChI is InChI=1S/C104H88N4O3P/c1-73-9-35-86(36-10-73)105(87-37-11-74(2)12-38-87)91-45-19-78(20-46-91)82-27-65-101(66-28-82)112(102-67-29-83(30-68-102)79-21-47-92(48-22-79)106(88-39-13-75(3)14-40-88)95-53-59-98(109-6)60-54-95,103-69-31-84(32-70-103)80-23-49-93(50-24-80)107(89-41-15-76(4)16-42-89)96-55-61-99(110-7)62-56-96)104-71-33-85(34-72-104)81-25-51-94(52-26-81)108(90-43-17-77(5)18-44-90)97-57-63-100(111-8)64-58-97/h9-72H,1-8H3/q+1. The number of methoxy groups -OCH3 is 3. The SMILES string of the molecule is COc1ccc(N(c2ccc(C)cc2)c2ccc(-c3ccc([P+](c4ccc(-c5ccc(N(c6ccc(C)cc6)c6ccc(C)cc6)cc5)cc4)(c4ccc(-c5ccc(N(c6ccc(C)cc6)c6ccc(OC)cc6)cc5)cc4)c4ccc(-c5ccc(N(c6ccc(C)cc6)c6ccc(OC)cc6)cc5)cc4)cc3)cc2)cc1. The fourth-order valence-corrected chi connectivity index (χ4v) is 19.2. The highest BCUT2D eigenvalue weighted by atomic mass is 31.2. The van der Waals surface area contributed by atoms with Crippen LogP contribution in [0.15, 0.2) is 388 Å². The summed E-state index contributed by atoms with van der Waals surface area (Å²) in [7, 11) is 2.33. The summed E-state index contributed by atoms with van der Waals surface area (Å²) in [6.07, 6.45) is 0. The number of aryl methyl sites for hydroxylation is 5. The Balaban J connectivity index is 0.816. The highest BCUT2D eigenvalue weighted by Crippen LogP contribution is 2.56. The maximum Gasteiger partial charge on any atom is 0.144 e. The molecule has 0 heterocycles. The second-order valence-electron chi connectivity index (χ2n) is 28.7. The molecule has 112 heavy (non-hydrogen) atoms. The lowest BCUT2D eigenvalue weighted by atomic mass is 10.0. The predicted molar refractivity (Wildman–Crippen MR) is 475 cm³/mol. The van der Waals surface area contributed by atoms with E-state index in [0.717, 1.165) is 130 Å². The lowest BCUT2D eigenvalue weighted by Gasteiger charge is -2.28. The summed E-state index contributed by atoms with van der Waals surface area (Å²) in [4.78, 5) is 9.23. The zero-order valence-electron chi connectivity index (χ0n) is 64.4. The molecule has 0 atom stereocenters. The molecule has 0 N–H and O–H groups in total. The van der Waals surface area contributed by atoms with Gasteiger partial charge in [0, 0.05) is 68.2 Å². The Morgan fingerprint density at radius 1 is 0.152 bits per heavy atom. The Morgan fingerprint density at radius 3 is 0.402 bits per heavy atom. The minimum Gasteiger partial charge on any atom is -0.497 e. The van der Waals surface area contributed by atoms with E-state index in [1.54, 1.807) is 21.3 Å². The normalized spacial score (nSPS) is 11.2. The Kier molecular flexibility index (Phi) is 21.0. The summed E-state index contributed by atoms with van der Waals surface area (Å²) in [6, 6.07) is 142. The molecule has 16 rings (SSSR count). The second kappa shape index (κ2) is 32.4. The van der Waals surface area contributed by atoms with Crippen molar-refractivity contribution in [3.05, 3.63) is 416 Å². The van der Waals surface area contributed by atoms with Crippen molar-refractivity contribution < 1.29 is 14.2 Å². The number of hydrogen-bond donors (Lipinski definition) is 0. The summed E-state index contributed by atoms with van der Waals surface area (Å²) < 4.78 is 16.8. The van der Waals surface area contributed by atoms with Crippen molar-refractivity contribution >= 4 is 96.7 Å². The molecule has 0 radical (unpaired) electrons. The van der Waals surface area contributed by atoms with Gasteiger partial charge in [-0.05, 0) is 310 Å². The summed E-state index contributed by atoms with van der Waals surface area (Å²) in [5, 5.41) is 4.95. The molecule has 0 aliphatic heterocycles. The van der Waals surface area contributed by atoms with Crippen LogP contribution < -0.4 is 55.0 Å². The topological polar surface area (TPSA) is 40.7 Å². The molecule has 0 aliphatic carbocycles. The Bertz CT molecular complexity index is 5320. The average molecular weight is 1470 g/mol. The van der Waals surface area contributed by atoms with Crippen LogP contribution in [0.3, 0.4) is 0 Å². The number of rotatable bonds is 23. The van der Waals surface area contributed by atoms with E-state index in [-0.39, 0.29) is 0 Å². The molecule has 0 bridgehead atoms. The van der Waals surface area contributed by atoms with Crippen molar-refractivity contribution in [3.63, 3.8) is 0 Å². The lowest BCUT2D eigenvalue weighted by molar-refractivity contribution is 0.414. The highest BCUT2D eigenvalue weighted by Gasteiger charge is 2.48. The first kappa shape index (κ1) is 72.7. The minimum atomic E-state index is -2.80. The molecule has 16 aromatic rings. The van der Waals surface area contributed by atoms with E-state index in [9.17, 15) is 0 Å². The van der Waals surface area contributed by atoms with Crippen LogP contribution in [-0.2, 0) is 0 Å². The van der Waals surface area contributed by atoms with E-state index in [1.807, 2.05) is 36.4 Å². The predicted octanol–water partition coefficient (Wildman–Crippen LogP) is 26.4. The first-order valence-electron chi connectivity index (χ1n) is 38.1. The van der Waals surface area contributed by atoms with Gasteiger partial charge in [-0.25, -0.2) is 0 Å². The van der Waals surface area contributed by atoms with Crippen molar-refractivity contribution in [2.75, 3.05) is 40.9 Å². The number of benzene rings is 16. The van der Waals surface area contributed by atoms with Crippen LogP contribution in [0.4, 0.5) is 68.2 Å². The quantitative estimate of drug-likeness (QED) is 0.0591. The molecule has 0 saturated heterocycles. The molecule has 546 valence electrons. The minimum absolute atomic E-state index is 0.814. The Labute approximate surface area is 660 Å². The molecule has 0 spiro atoms. The van der Waals surface area contributed by atoms with Crippen LogP contribution in [0.25, 0.3) is 44.5 Å². The average Bonchev–Trinajstić information content (AvgIpc) is 0.725. The summed E-state index contributed by atoms with van der Waals surface area (Å²) >= 11 is 0. The molecular weight excluding hydrogens is 1380 g/mol. The second-order valence-corrected chi connectivity index (χ2v) is 32.1. The maximum atomic E-state index is 5.60. The van der Waals surface area contributed by atoms with Crippen LogP contribution in [0.1, 0.15) is 27.8 Å². The van der Waals surface area contributed by atoms with Crippen molar-refractivity contribution in [3.8, 4) is 61.8 Å². The van der Waals surface area contributed by atoms with Crippen LogP contribution in [0.2, 0.25) is 0 Å². The third-order valence-corrected chi connectivity index (χ3v) is 25.6. The van der Waals surface area contributed by atoms with Gasteiger partial charge >= 0.3 is 0 Å². The van der Waals surface area contributed by atoms with Gasteiger partial charge < -0.3 is 33.8 Å². The summed E-state index contributed by atoms with van der Waals surface area (Å²) in [5.41, 5.74) is 27.9. The molecule has 8 heteroatoms. The van der Waals surface area contributed by atoms with Crippen LogP contribution >= 0.6 is 7.26 Å². The molecule has 0 aromatic heterocycles. The molecular formula is C104H88N4O3P+. The zero-order valence-corrected chi connectivity index (χ0v) is 65.3. The van der Waals surface area contributed by atoms with Gasteiger partial charge in [0.1, 0.15) is 45.7 Å². The van der Waals surface area contributed by atoms with Crippen molar-refractivity contribution in [1.29, 1.82) is 0 Å². The lowest BCUT2D eigenvalue weighted by Crippen LogP contribution is -2.38. The van der Waals surface area contributed by atoms with E-state index in [0.29, 0.717) is 0 Å². The summed E-state index contributed by atoms with van der Waals surface area (Å²) in [6.45, 7) is 10.7.